The molecule has 1 aromatic carbocycles. The first-order valence-electron chi connectivity index (χ1n) is 10.8. The van der Waals surface area contributed by atoms with Crippen molar-refractivity contribution < 1.29 is 9.59 Å². The Morgan fingerprint density at radius 2 is 1.77 bits per heavy atom. The van der Waals surface area contributed by atoms with Crippen molar-refractivity contribution in [3.05, 3.63) is 68.6 Å². The molecule has 1 unspecified atom stereocenters. The number of carbonyl (C=O) groups is 2. The highest BCUT2D eigenvalue weighted by molar-refractivity contribution is 6.31. The van der Waals surface area contributed by atoms with Gasteiger partial charge >= 0.3 is 0 Å². The maximum atomic E-state index is 13.1. The molecule has 0 saturated heterocycles. The monoisotopic (exact) mass is 443 g/mol. The average Bonchev–Trinajstić information content (AvgIpc) is 2.75. The van der Waals surface area contributed by atoms with E-state index in [1.807, 2.05) is 29.7 Å². The molecule has 1 aromatic heterocycles. The minimum atomic E-state index is -0.553. The number of aromatic nitrogens is 1. The Morgan fingerprint density at radius 1 is 1.13 bits per heavy atom. The van der Waals surface area contributed by atoms with E-state index in [0.29, 0.717) is 17.5 Å². The fourth-order valence-electron chi connectivity index (χ4n) is 4.14. The number of hydrogen-bond acceptors (Lipinski definition) is 3. The summed E-state index contributed by atoms with van der Waals surface area (Å²) in [6, 6.07) is 6.87. The zero-order chi connectivity index (χ0) is 22.5. The lowest BCUT2D eigenvalue weighted by atomic mass is 9.89. The lowest BCUT2D eigenvalue weighted by Crippen LogP contribution is -2.36. The second-order valence-electron chi connectivity index (χ2n) is 8.53. The molecule has 1 saturated carbocycles. The molecule has 166 valence electrons. The third kappa shape index (κ3) is 5.56. The van der Waals surface area contributed by atoms with Gasteiger partial charge < -0.3 is 14.8 Å². The number of benzene rings is 1. The number of amides is 2. The fourth-order valence-corrected chi connectivity index (χ4v) is 4.44. The van der Waals surface area contributed by atoms with Crippen molar-refractivity contribution in [1.82, 2.24) is 14.8 Å². The molecule has 2 amide bonds. The summed E-state index contributed by atoms with van der Waals surface area (Å²) >= 11 is 6.25. The minimum Gasteiger partial charge on any atom is -0.352 e. The van der Waals surface area contributed by atoms with Crippen molar-refractivity contribution in [3.8, 4) is 0 Å². The van der Waals surface area contributed by atoms with Crippen LogP contribution in [0.1, 0.15) is 71.3 Å². The summed E-state index contributed by atoms with van der Waals surface area (Å²) in [6.07, 6.45) is 9.04. The van der Waals surface area contributed by atoms with Crippen LogP contribution in [0.3, 0.4) is 0 Å². The lowest BCUT2D eigenvalue weighted by Gasteiger charge is -2.24. The maximum Gasteiger partial charge on any atom is 0.258 e. The Bertz CT molecular complexity index is 1010. The van der Waals surface area contributed by atoms with E-state index in [2.05, 4.69) is 5.32 Å². The van der Waals surface area contributed by atoms with Crippen molar-refractivity contribution in [1.29, 1.82) is 0 Å². The second-order valence-corrected chi connectivity index (χ2v) is 8.94. The highest BCUT2D eigenvalue weighted by Crippen LogP contribution is 2.25. The van der Waals surface area contributed by atoms with Gasteiger partial charge in [-0.2, -0.15) is 0 Å². The van der Waals surface area contributed by atoms with Crippen molar-refractivity contribution in [3.63, 3.8) is 0 Å². The minimum absolute atomic E-state index is 0.0128. The van der Waals surface area contributed by atoms with Crippen LogP contribution in [0.25, 0.3) is 0 Å². The number of nitrogens with zero attached hydrogens (tertiary/aromatic N) is 2. The maximum absolute atomic E-state index is 13.1. The van der Waals surface area contributed by atoms with Crippen molar-refractivity contribution in [2.75, 3.05) is 14.1 Å². The molecule has 2 aromatic rings. The zero-order valence-electron chi connectivity index (χ0n) is 18.4. The van der Waals surface area contributed by atoms with Gasteiger partial charge in [-0.25, -0.2) is 0 Å². The van der Waals surface area contributed by atoms with Gasteiger partial charge in [-0.05, 0) is 37.3 Å². The van der Waals surface area contributed by atoms with E-state index >= 15 is 0 Å². The fraction of sp³-hybridized carbons (Fsp3) is 0.458. The number of pyridine rings is 1. The molecule has 1 N–H and O–H groups in total. The predicted molar refractivity (Wildman–Crippen MR) is 123 cm³/mol. The van der Waals surface area contributed by atoms with E-state index < -0.39 is 17.2 Å². The first kappa shape index (κ1) is 23.1. The molecule has 3 rings (SSSR count). The predicted octanol–water partition coefficient (Wildman–Crippen LogP) is 4.27. The summed E-state index contributed by atoms with van der Waals surface area (Å²) in [5, 5.41) is 3.40. The molecule has 0 bridgehead atoms. The second kappa shape index (κ2) is 10.1. The van der Waals surface area contributed by atoms with Gasteiger partial charge in [-0.3, -0.25) is 14.4 Å². The van der Waals surface area contributed by atoms with Crippen molar-refractivity contribution in [2.45, 2.75) is 51.6 Å². The quantitative estimate of drug-likeness (QED) is 0.724. The van der Waals surface area contributed by atoms with E-state index in [9.17, 15) is 14.4 Å². The summed E-state index contributed by atoms with van der Waals surface area (Å²) in [5.74, 6) is -0.434. The number of carbonyl (C=O) groups excluding carboxylic acids is 2. The van der Waals surface area contributed by atoms with Crippen LogP contribution in [0.4, 0.5) is 0 Å². The summed E-state index contributed by atoms with van der Waals surface area (Å²) in [4.78, 5) is 40.1. The Kier molecular flexibility index (Phi) is 7.55. The van der Waals surface area contributed by atoms with Crippen LogP contribution in [0.15, 0.2) is 41.5 Å². The van der Waals surface area contributed by atoms with E-state index in [0.717, 1.165) is 18.4 Å². The molecular weight excluding hydrogens is 414 g/mol. The van der Waals surface area contributed by atoms with Gasteiger partial charge in [0.1, 0.15) is 11.1 Å². The molecule has 7 heteroatoms. The van der Waals surface area contributed by atoms with Gasteiger partial charge in [0.05, 0.1) is 6.04 Å². The molecule has 1 atom stereocenters. The molecule has 1 aliphatic rings. The lowest BCUT2D eigenvalue weighted by molar-refractivity contribution is 0.0825. The smallest absolute Gasteiger partial charge is 0.258 e. The van der Waals surface area contributed by atoms with Crippen LogP contribution in [0, 0.1) is 5.92 Å². The van der Waals surface area contributed by atoms with E-state index in [-0.39, 0.29) is 17.2 Å². The molecule has 0 radical (unpaired) electrons. The summed E-state index contributed by atoms with van der Waals surface area (Å²) in [7, 11) is 3.19. The molecule has 0 aliphatic heterocycles. The van der Waals surface area contributed by atoms with Gasteiger partial charge in [-0.1, -0.05) is 49.1 Å². The van der Waals surface area contributed by atoms with Gasteiger partial charge in [-0.15, -0.1) is 0 Å². The standard InChI is InChI=1S/C24H30ClN3O3/c1-16(18-11-7-8-12-21(18)25)26-23(30)19-14-28(13-17-9-5-4-6-10-17)15-20(22(19)29)24(31)27(2)3/h7-8,11-12,14-17H,4-6,9-10,13H2,1-3H3,(H,26,30). The largest absolute Gasteiger partial charge is 0.352 e. The van der Waals surface area contributed by atoms with Crippen LogP contribution < -0.4 is 10.7 Å². The van der Waals surface area contributed by atoms with Crippen LogP contribution in [-0.4, -0.2) is 35.4 Å². The summed E-state index contributed by atoms with van der Waals surface area (Å²) < 4.78 is 1.84. The number of rotatable bonds is 6. The van der Waals surface area contributed by atoms with Crippen LogP contribution in [0.5, 0.6) is 0 Å². The topological polar surface area (TPSA) is 71.4 Å². The van der Waals surface area contributed by atoms with E-state index in [4.69, 9.17) is 11.6 Å². The normalized spacial score (nSPS) is 15.4. The average molecular weight is 444 g/mol. The van der Waals surface area contributed by atoms with Crippen LogP contribution >= 0.6 is 11.6 Å². The Morgan fingerprint density at radius 3 is 2.42 bits per heavy atom. The highest BCUT2D eigenvalue weighted by Gasteiger charge is 2.23. The van der Waals surface area contributed by atoms with Gasteiger partial charge in [0.15, 0.2) is 0 Å². The Labute approximate surface area is 188 Å². The van der Waals surface area contributed by atoms with Crippen LogP contribution in [-0.2, 0) is 6.54 Å². The van der Waals surface area contributed by atoms with E-state index in [1.54, 1.807) is 32.6 Å². The van der Waals surface area contributed by atoms with Gasteiger partial charge in [0.2, 0.25) is 5.43 Å². The van der Waals surface area contributed by atoms with Gasteiger partial charge in [0.25, 0.3) is 11.8 Å². The molecule has 1 heterocycles. The SMILES string of the molecule is CC(NC(=O)c1cn(CC2CCCCC2)cc(C(=O)N(C)C)c1=O)c1ccccc1Cl. The van der Waals surface area contributed by atoms with Crippen LogP contribution in [0.2, 0.25) is 5.02 Å². The number of halogens is 1. The Balaban J connectivity index is 1.93. The third-order valence-electron chi connectivity index (χ3n) is 5.87. The van der Waals surface area contributed by atoms with Gasteiger partial charge in [0, 0.05) is 38.1 Å². The molecule has 0 spiro atoms. The third-order valence-corrected chi connectivity index (χ3v) is 6.22. The molecular formula is C24H30ClN3O3. The zero-order valence-corrected chi connectivity index (χ0v) is 19.1. The number of nitrogens with one attached hydrogen (secondary N) is 1. The molecule has 1 aliphatic carbocycles. The summed E-state index contributed by atoms with van der Waals surface area (Å²) in [6.45, 7) is 2.50. The first-order valence-corrected chi connectivity index (χ1v) is 11.2. The van der Waals surface area contributed by atoms with E-state index in [1.165, 1.54) is 24.2 Å². The summed E-state index contributed by atoms with van der Waals surface area (Å²) in [5.41, 5.74) is 0.198. The Hall–Kier alpha value is -2.60. The number of hydrogen-bond donors (Lipinski definition) is 1. The molecule has 31 heavy (non-hydrogen) atoms. The first-order chi connectivity index (χ1) is 14.8. The van der Waals surface area contributed by atoms with Crippen molar-refractivity contribution in [2.24, 2.45) is 5.92 Å². The molecule has 1 fully saturated rings. The highest BCUT2D eigenvalue weighted by atomic mass is 35.5. The van der Waals surface area contributed by atoms with Crippen molar-refractivity contribution >= 4 is 23.4 Å². The molecule has 6 nitrogen and oxygen atoms in total.